The van der Waals surface area contributed by atoms with E-state index in [2.05, 4.69) is 10.3 Å². The van der Waals surface area contributed by atoms with Crippen molar-refractivity contribution in [2.45, 2.75) is 25.8 Å². The molecule has 1 aromatic heterocycles. The summed E-state index contributed by atoms with van der Waals surface area (Å²) in [7, 11) is 0. The van der Waals surface area contributed by atoms with Crippen LogP contribution in [0.1, 0.15) is 34.9 Å². The van der Waals surface area contributed by atoms with Crippen LogP contribution in [0.5, 0.6) is 5.75 Å². The van der Waals surface area contributed by atoms with E-state index < -0.39 is 0 Å². The third-order valence-electron chi connectivity index (χ3n) is 4.33. The van der Waals surface area contributed by atoms with Crippen molar-refractivity contribution in [2.24, 2.45) is 0 Å². The van der Waals surface area contributed by atoms with Crippen molar-refractivity contribution >= 4 is 17.5 Å². The smallest absolute Gasteiger partial charge is 0.221 e. The number of pyridine rings is 1. The van der Waals surface area contributed by atoms with E-state index in [4.69, 9.17) is 11.6 Å². The Bertz CT molecular complexity index is 897. The Labute approximate surface area is 163 Å². The Morgan fingerprint density at radius 2 is 1.78 bits per heavy atom. The second-order valence-corrected chi connectivity index (χ2v) is 6.89. The number of nitrogens with zero attached hydrogens (tertiary/aromatic N) is 1. The molecule has 0 radical (unpaired) electrons. The van der Waals surface area contributed by atoms with Gasteiger partial charge >= 0.3 is 0 Å². The molecule has 138 valence electrons. The van der Waals surface area contributed by atoms with Gasteiger partial charge in [-0.1, -0.05) is 41.9 Å². The molecule has 0 bridgehead atoms. The van der Waals surface area contributed by atoms with E-state index in [1.807, 2.05) is 49.4 Å². The molecule has 0 fully saturated rings. The summed E-state index contributed by atoms with van der Waals surface area (Å²) in [4.78, 5) is 17.0. The minimum Gasteiger partial charge on any atom is -0.508 e. The van der Waals surface area contributed by atoms with Crippen LogP contribution >= 0.6 is 11.6 Å². The number of halogens is 1. The summed E-state index contributed by atoms with van der Waals surface area (Å²) in [5, 5.41) is 13.4. The lowest BCUT2D eigenvalue weighted by Gasteiger charge is -2.18. The quantitative estimate of drug-likeness (QED) is 0.657. The molecule has 5 heteroatoms. The number of benzene rings is 2. The molecule has 0 aliphatic rings. The number of carbonyl (C=O) groups excluding carboxylic acids is 1. The highest BCUT2D eigenvalue weighted by molar-refractivity contribution is 6.30. The van der Waals surface area contributed by atoms with Gasteiger partial charge in [0.15, 0.2) is 0 Å². The first kappa shape index (κ1) is 18.9. The lowest BCUT2D eigenvalue weighted by atomic mass is 9.88. The van der Waals surface area contributed by atoms with Gasteiger partial charge in [-0.05, 0) is 54.4 Å². The number of phenols is 1. The van der Waals surface area contributed by atoms with Gasteiger partial charge < -0.3 is 10.4 Å². The van der Waals surface area contributed by atoms with Gasteiger partial charge in [0.05, 0.1) is 12.2 Å². The Kier molecular flexibility index (Phi) is 6.09. The topological polar surface area (TPSA) is 62.2 Å². The third-order valence-corrected chi connectivity index (χ3v) is 4.56. The number of aromatic hydroxyl groups is 1. The maximum absolute atomic E-state index is 12.6. The molecule has 0 aliphatic heterocycles. The van der Waals surface area contributed by atoms with Crippen LogP contribution in [0.2, 0.25) is 5.02 Å². The van der Waals surface area contributed by atoms with Crippen molar-refractivity contribution in [3.05, 3.63) is 94.3 Å². The number of nitrogens with one attached hydrogen (secondary N) is 1. The molecule has 1 amide bonds. The maximum atomic E-state index is 12.6. The van der Waals surface area contributed by atoms with Crippen molar-refractivity contribution < 1.29 is 9.90 Å². The molecule has 0 saturated heterocycles. The van der Waals surface area contributed by atoms with Gasteiger partial charge in [0.25, 0.3) is 0 Å². The summed E-state index contributed by atoms with van der Waals surface area (Å²) in [5.41, 5.74) is 3.52. The van der Waals surface area contributed by atoms with Crippen molar-refractivity contribution in [3.63, 3.8) is 0 Å². The zero-order valence-electron chi connectivity index (χ0n) is 15.0. The van der Waals surface area contributed by atoms with Crippen LogP contribution in [0.15, 0.2) is 66.7 Å². The highest BCUT2D eigenvalue weighted by Crippen LogP contribution is 2.31. The lowest BCUT2D eigenvalue weighted by molar-refractivity contribution is -0.121. The Morgan fingerprint density at radius 3 is 2.48 bits per heavy atom. The van der Waals surface area contributed by atoms with E-state index in [-0.39, 0.29) is 24.0 Å². The predicted octanol–water partition coefficient (Wildman–Crippen LogP) is 4.59. The molecule has 0 saturated carbocycles. The number of hydrogen-bond donors (Lipinski definition) is 2. The van der Waals surface area contributed by atoms with Crippen LogP contribution < -0.4 is 5.32 Å². The van der Waals surface area contributed by atoms with Gasteiger partial charge in [-0.15, -0.1) is 0 Å². The first-order valence-electron chi connectivity index (χ1n) is 8.75. The molecule has 4 nitrogen and oxygen atoms in total. The summed E-state index contributed by atoms with van der Waals surface area (Å²) < 4.78 is 0. The molecule has 1 heterocycles. The second-order valence-electron chi connectivity index (χ2n) is 6.45. The summed E-state index contributed by atoms with van der Waals surface area (Å²) in [5.74, 6) is -0.128. The van der Waals surface area contributed by atoms with E-state index in [9.17, 15) is 9.90 Å². The van der Waals surface area contributed by atoms with Crippen LogP contribution in [0, 0.1) is 6.92 Å². The highest BCUT2D eigenvalue weighted by Gasteiger charge is 2.19. The van der Waals surface area contributed by atoms with Crippen LogP contribution in [-0.2, 0) is 11.3 Å². The number of aryl methyl sites for hydroxylation is 1. The molecule has 2 aromatic carbocycles. The number of aromatic nitrogens is 1. The SMILES string of the molecule is Cc1cccc(CNC(=O)C[C@H](c2cccc(O)c2)c2cccc(Cl)c2)n1. The normalized spacial score (nSPS) is 11.8. The van der Waals surface area contributed by atoms with Gasteiger partial charge in [0, 0.05) is 23.1 Å². The van der Waals surface area contributed by atoms with Gasteiger partial charge in [-0.25, -0.2) is 0 Å². The summed E-state index contributed by atoms with van der Waals surface area (Å²) >= 11 is 6.14. The summed E-state index contributed by atoms with van der Waals surface area (Å²) in [6.45, 7) is 2.30. The van der Waals surface area contributed by atoms with Crippen molar-refractivity contribution in [1.82, 2.24) is 10.3 Å². The van der Waals surface area contributed by atoms with E-state index in [0.29, 0.717) is 11.6 Å². The standard InChI is InChI=1S/C22H21ClN2O2/c1-15-5-2-9-19(25-15)14-24-22(27)13-21(16-6-3-8-18(23)11-16)17-7-4-10-20(26)12-17/h2-12,21,26H,13-14H2,1H3,(H,24,27)/t21-/m0/s1. The van der Waals surface area contributed by atoms with E-state index in [1.165, 1.54) is 0 Å². The molecule has 0 unspecified atom stereocenters. The van der Waals surface area contributed by atoms with Gasteiger partial charge in [0.2, 0.25) is 5.91 Å². The Morgan fingerprint density at radius 1 is 1.07 bits per heavy atom. The molecule has 3 aromatic rings. The average molecular weight is 381 g/mol. The summed E-state index contributed by atoms with van der Waals surface area (Å²) in [6.07, 6.45) is 0.246. The predicted molar refractivity (Wildman–Crippen MR) is 107 cm³/mol. The molecule has 2 N–H and O–H groups in total. The van der Waals surface area contributed by atoms with Crippen LogP contribution in [0.3, 0.4) is 0 Å². The number of amides is 1. The molecule has 0 spiro atoms. The van der Waals surface area contributed by atoms with Crippen LogP contribution in [0.4, 0.5) is 0 Å². The number of hydrogen-bond acceptors (Lipinski definition) is 3. The third kappa shape index (κ3) is 5.31. The first-order chi connectivity index (χ1) is 13.0. The number of phenolic OH excluding ortho intramolecular Hbond substituents is 1. The van der Waals surface area contributed by atoms with Crippen molar-refractivity contribution in [1.29, 1.82) is 0 Å². The first-order valence-corrected chi connectivity index (χ1v) is 9.12. The molecular formula is C22H21ClN2O2. The lowest BCUT2D eigenvalue weighted by Crippen LogP contribution is -2.25. The van der Waals surface area contributed by atoms with E-state index in [1.54, 1.807) is 24.3 Å². The van der Waals surface area contributed by atoms with Gasteiger partial charge in [-0.3, -0.25) is 9.78 Å². The Hall–Kier alpha value is -2.85. The second kappa shape index (κ2) is 8.69. The van der Waals surface area contributed by atoms with Crippen LogP contribution in [-0.4, -0.2) is 16.0 Å². The van der Waals surface area contributed by atoms with Gasteiger partial charge in [-0.2, -0.15) is 0 Å². The number of carbonyl (C=O) groups is 1. The number of rotatable bonds is 6. The molecule has 27 heavy (non-hydrogen) atoms. The van der Waals surface area contributed by atoms with E-state index >= 15 is 0 Å². The molecular weight excluding hydrogens is 360 g/mol. The van der Waals surface area contributed by atoms with Gasteiger partial charge in [0.1, 0.15) is 5.75 Å². The minimum absolute atomic E-state index is 0.0911. The Balaban J connectivity index is 1.77. The zero-order chi connectivity index (χ0) is 19.2. The fourth-order valence-corrected chi connectivity index (χ4v) is 3.24. The average Bonchev–Trinajstić information content (AvgIpc) is 2.64. The zero-order valence-corrected chi connectivity index (χ0v) is 15.8. The van der Waals surface area contributed by atoms with Crippen molar-refractivity contribution in [3.8, 4) is 5.75 Å². The molecule has 1 atom stereocenters. The van der Waals surface area contributed by atoms with Crippen LogP contribution in [0.25, 0.3) is 0 Å². The highest BCUT2D eigenvalue weighted by atomic mass is 35.5. The minimum atomic E-state index is -0.207. The maximum Gasteiger partial charge on any atom is 0.221 e. The fraction of sp³-hybridized carbons (Fsp3) is 0.182. The van der Waals surface area contributed by atoms with E-state index in [0.717, 1.165) is 22.5 Å². The largest absolute Gasteiger partial charge is 0.508 e. The fourth-order valence-electron chi connectivity index (χ4n) is 3.04. The summed E-state index contributed by atoms with van der Waals surface area (Å²) in [6, 6.07) is 20.2. The molecule has 3 rings (SSSR count). The van der Waals surface area contributed by atoms with Crippen molar-refractivity contribution in [2.75, 3.05) is 0 Å². The monoisotopic (exact) mass is 380 g/mol. The molecule has 0 aliphatic carbocycles.